The molecule has 2 aromatic carbocycles. The molecule has 3 rings (SSSR count). The van der Waals surface area contributed by atoms with E-state index in [-0.39, 0.29) is 0 Å². The molecule has 0 unspecified atom stereocenters. The SMILES string of the molecule is Nc1ccnc(CNCc2ccc3ccccc3c2)n1. The van der Waals surface area contributed by atoms with Gasteiger partial charge in [0, 0.05) is 12.7 Å². The van der Waals surface area contributed by atoms with E-state index >= 15 is 0 Å². The molecule has 0 aliphatic carbocycles. The van der Waals surface area contributed by atoms with Crippen LogP contribution in [0.15, 0.2) is 54.7 Å². The maximum Gasteiger partial charge on any atom is 0.144 e. The van der Waals surface area contributed by atoms with Crippen molar-refractivity contribution in [1.82, 2.24) is 15.3 Å². The highest BCUT2D eigenvalue weighted by atomic mass is 15.0. The van der Waals surface area contributed by atoms with E-state index in [0.29, 0.717) is 18.2 Å². The maximum absolute atomic E-state index is 5.62. The average molecular weight is 264 g/mol. The molecule has 0 fully saturated rings. The molecule has 0 saturated heterocycles. The predicted octanol–water partition coefficient (Wildman–Crippen LogP) is 2.50. The van der Waals surface area contributed by atoms with Gasteiger partial charge in [0.15, 0.2) is 0 Å². The summed E-state index contributed by atoms with van der Waals surface area (Å²) < 4.78 is 0. The summed E-state index contributed by atoms with van der Waals surface area (Å²) in [6.07, 6.45) is 1.68. The first-order valence-electron chi connectivity index (χ1n) is 6.57. The largest absolute Gasteiger partial charge is 0.384 e. The highest BCUT2D eigenvalue weighted by Gasteiger charge is 1.99. The Hall–Kier alpha value is -2.46. The fourth-order valence-corrected chi connectivity index (χ4v) is 2.17. The van der Waals surface area contributed by atoms with Gasteiger partial charge in [-0.1, -0.05) is 36.4 Å². The van der Waals surface area contributed by atoms with Crippen LogP contribution in [0.2, 0.25) is 0 Å². The lowest BCUT2D eigenvalue weighted by Crippen LogP contribution is -2.15. The lowest BCUT2D eigenvalue weighted by atomic mass is 10.1. The minimum Gasteiger partial charge on any atom is -0.384 e. The predicted molar refractivity (Wildman–Crippen MR) is 80.9 cm³/mol. The number of nitrogen functional groups attached to an aromatic ring is 1. The van der Waals surface area contributed by atoms with Gasteiger partial charge in [0.25, 0.3) is 0 Å². The zero-order chi connectivity index (χ0) is 13.8. The lowest BCUT2D eigenvalue weighted by molar-refractivity contribution is 0.663. The van der Waals surface area contributed by atoms with Crippen molar-refractivity contribution in [2.24, 2.45) is 0 Å². The molecule has 0 spiro atoms. The molecule has 0 aliphatic rings. The van der Waals surface area contributed by atoms with Crippen LogP contribution in [0.1, 0.15) is 11.4 Å². The third kappa shape index (κ3) is 2.92. The first-order valence-corrected chi connectivity index (χ1v) is 6.57. The number of rotatable bonds is 4. The highest BCUT2D eigenvalue weighted by molar-refractivity contribution is 5.82. The highest BCUT2D eigenvalue weighted by Crippen LogP contribution is 2.15. The second-order valence-electron chi connectivity index (χ2n) is 4.68. The Balaban J connectivity index is 1.65. The summed E-state index contributed by atoms with van der Waals surface area (Å²) in [5, 5.41) is 5.85. The number of fused-ring (bicyclic) bond motifs is 1. The molecule has 4 nitrogen and oxygen atoms in total. The molecule has 1 aromatic heterocycles. The minimum atomic E-state index is 0.502. The van der Waals surface area contributed by atoms with E-state index in [9.17, 15) is 0 Å². The topological polar surface area (TPSA) is 63.8 Å². The number of nitrogens with zero attached hydrogens (tertiary/aromatic N) is 2. The molecule has 0 atom stereocenters. The third-order valence-corrected chi connectivity index (χ3v) is 3.15. The van der Waals surface area contributed by atoms with E-state index in [1.807, 2.05) is 0 Å². The quantitative estimate of drug-likeness (QED) is 0.760. The summed E-state index contributed by atoms with van der Waals surface area (Å²) in [7, 11) is 0. The van der Waals surface area contributed by atoms with Crippen molar-refractivity contribution in [2.75, 3.05) is 5.73 Å². The Morgan fingerprint density at radius 1 is 0.950 bits per heavy atom. The number of benzene rings is 2. The standard InChI is InChI=1S/C16H16N4/c17-15-7-8-19-16(20-15)11-18-10-12-5-6-13-3-1-2-4-14(13)9-12/h1-9,18H,10-11H2,(H2,17,19,20). The van der Waals surface area contributed by atoms with E-state index in [4.69, 9.17) is 5.73 Å². The summed E-state index contributed by atoms with van der Waals surface area (Å²) in [5.74, 6) is 1.22. The molecule has 3 N–H and O–H groups in total. The molecule has 1 heterocycles. The van der Waals surface area contributed by atoms with Crippen molar-refractivity contribution in [2.45, 2.75) is 13.1 Å². The maximum atomic E-state index is 5.62. The van der Waals surface area contributed by atoms with Crippen LogP contribution >= 0.6 is 0 Å². The van der Waals surface area contributed by atoms with Crippen LogP contribution in [0.4, 0.5) is 5.82 Å². The number of aromatic nitrogens is 2. The summed E-state index contributed by atoms with van der Waals surface area (Å²) in [6.45, 7) is 1.39. The zero-order valence-electron chi connectivity index (χ0n) is 11.1. The van der Waals surface area contributed by atoms with Crippen molar-refractivity contribution in [3.8, 4) is 0 Å². The van der Waals surface area contributed by atoms with Crippen molar-refractivity contribution in [1.29, 1.82) is 0 Å². The van der Waals surface area contributed by atoms with E-state index < -0.39 is 0 Å². The van der Waals surface area contributed by atoms with Gasteiger partial charge in [-0.2, -0.15) is 0 Å². The van der Waals surface area contributed by atoms with Gasteiger partial charge in [-0.3, -0.25) is 0 Å². The number of hydrogen-bond acceptors (Lipinski definition) is 4. The molecule has 0 saturated carbocycles. The van der Waals surface area contributed by atoms with E-state index in [2.05, 4.69) is 57.7 Å². The molecule has 0 aliphatic heterocycles. The van der Waals surface area contributed by atoms with Gasteiger partial charge < -0.3 is 11.1 Å². The summed E-state index contributed by atoms with van der Waals surface area (Å²) in [4.78, 5) is 8.33. The van der Waals surface area contributed by atoms with Gasteiger partial charge in [-0.25, -0.2) is 9.97 Å². The third-order valence-electron chi connectivity index (χ3n) is 3.15. The molecular formula is C16H16N4. The molecule has 100 valence electrons. The summed E-state index contributed by atoms with van der Waals surface area (Å²) in [6, 6.07) is 16.5. The van der Waals surface area contributed by atoms with Crippen LogP contribution in [0.25, 0.3) is 10.8 Å². The molecule has 4 heteroatoms. The molecule has 0 bridgehead atoms. The van der Waals surface area contributed by atoms with E-state index in [1.54, 1.807) is 12.3 Å². The minimum absolute atomic E-state index is 0.502. The Labute approximate surface area is 117 Å². The van der Waals surface area contributed by atoms with Crippen LogP contribution in [0.5, 0.6) is 0 Å². The second-order valence-corrected chi connectivity index (χ2v) is 4.68. The van der Waals surface area contributed by atoms with Crippen molar-refractivity contribution < 1.29 is 0 Å². The van der Waals surface area contributed by atoms with Crippen molar-refractivity contribution >= 4 is 16.6 Å². The van der Waals surface area contributed by atoms with Crippen LogP contribution in [-0.2, 0) is 13.1 Å². The average Bonchev–Trinajstić information content (AvgIpc) is 2.47. The van der Waals surface area contributed by atoms with Crippen LogP contribution in [0, 0.1) is 0 Å². The van der Waals surface area contributed by atoms with Crippen LogP contribution in [0.3, 0.4) is 0 Å². The smallest absolute Gasteiger partial charge is 0.144 e. The molecule has 3 aromatic rings. The fourth-order valence-electron chi connectivity index (χ4n) is 2.17. The summed E-state index contributed by atoms with van der Waals surface area (Å²) in [5.41, 5.74) is 6.87. The van der Waals surface area contributed by atoms with Gasteiger partial charge in [-0.05, 0) is 28.5 Å². The van der Waals surface area contributed by atoms with Gasteiger partial charge in [-0.15, -0.1) is 0 Å². The van der Waals surface area contributed by atoms with Gasteiger partial charge in [0.1, 0.15) is 11.6 Å². The van der Waals surface area contributed by atoms with Crippen molar-refractivity contribution in [3.05, 3.63) is 66.1 Å². The van der Waals surface area contributed by atoms with Crippen LogP contribution in [-0.4, -0.2) is 9.97 Å². The summed E-state index contributed by atoms with van der Waals surface area (Å²) >= 11 is 0. The first kappa shape index (κ1) is 12.6. The van der Waals surface area contributed by atoms with Gasteiger partial charge >= 0.3 is 0 Å². The number of anilines is 1. The van der Waals surface area contributed by atoms with E-state index in [1.165, 1.54) is 16.3 Å². The fraction of sp³-hybridized carbons (Fsp3) is 0.125. The Bertz CT molecular complexity index is 724. The Morgan fingerprint density at radius 2 is 1.80 bits per heavy atom. The number of nitrogens with two attached hydrogens (primary N) is 1. The number of nitrogens with one attached hydrogen (secondary N) is 1. The molecular weight excluding hydrogens is 248 g/mol. The van der Waals surface area contributed by atoms with E-state index in [0.717, 1.165) is 6.54 Å². The zero-order valence-corrected chi connectivity index (χ0v) is 11.1. The van der Waals surface area contributed by atoms with Gasteiger partial charge in [0.2, 0.25) is 0 Å². The lowest BCUT2D eigenvalue weighted by Gasteiger charge is -2.06. The normalized spacial score (nSPS) is 10.8. The molecule has 0 amide bonds. The Kier molecular flexibility index (Phi) is 3.56. The monoisotopic (exact) mass is 264 g/mol. The Morgan fingerprint density at radius 3 is 2.65 bits per heavy atom. The van der Waals surface area contributed by atoms with Gasteiger partial charge in [0.05, 0.1) is 6.54 Å². The number of hydrogen-bond donors (Lipinski definition) is 2. The molecule has 20 heavy (non-hydrogen) atoms. The first-order chi connectivity index (χ1) is 9.81. The van der Waals surface area contributed by atoms with Crippen LogP contribution < -0.4 is 11.1 Å². The second kappa shape index (κ2) is 5.67. The van der Waals surface area contributed by atoms with Crippen molar-refractivity contribution in [3.63, 3.8) is 0 Å². The molecule has 0 radical (unpaired) electrons.